The second-order valence-electron chi connectivity index (χ2n) is 6.58. The minimum absolute atomic E-state index is 0. The van der Waals surface area contributed by atoms with Crippen molar-refractivity contribution >= 4 is 45.7 Å². The zero-order chi connectivity index (χ0) is 19.1. The first-order valence-electron chi connectivity index (χ1n) is 8.92. The van der Waals surface area contributed by atoms with Crippen LogP contribution in [0.25, 0.3) is 38.5 Å². The molecule has 2 heterocycles. The lowest BCUT2D eigenvalue weighted by Gasteiger charge is -2.10. The van der Waals surface area contributed by atoms with Gasteiger partial charge in [-0.1, -0.05) is 30.3 Å². The molecule has 0 amide bonds. The molecule has 0 unspecified atom stereocenters. The summed E-state index contributed by atoms with van der Waals surface area (Å²) in [6.07, 6.45) is 3.65. The Morgan fingerprint density at radius 2 is 1.66 bits per heavy atom. The fourth-order valence-electron chi connectivity index (χ4n) is 3.65. The normalized spacial score (nSPS) is 11.0. The van der Waals surface area contributed by atoms with Crippen molar-refractivity contribution in [3.05, 3.63) is 90.6 Å². The topological polar surface area (TPSA) is 30.7 Å². The van der Waals surface area contributed by atoms with Crippen LogP contribution in [0, 0.1) is 5.82 Å². The lowest BCUT2D eigenvalue weighted by atomic mass is 9.96. The van der Waals surface area contributed by atoms with Crippen LogP contribution in [0.1, 0.15) is 5.69 Å². The van der Waals surface area contributed by atoms with E-state index in [9.17, 15) is 4.39 Å². The smallest absolute Gasteiger partial charge is 0.123 e. The zero-order valence-corrected chi connectivity index (χ0v) is 16.8. The van der Waals surface area contributed by atoms with Crippen molar-refractivity contribution in [3.8, 4) is 16.8 Å². The van der Waals surface area contributed by atoms with E-state index < -0.39 is 0 Å². The zero-order valence-electron chi connectivity index (χ0n) is 15.2. The van der Waals surface area contributed by atoms with Gasteiger partial charge in [0.1, 0.15) is 5.82 Å². The predicted molar refractivity (Wildman–Crippen MR) is 119 cm³/mol. The molecule has 0 atom stereocenters. The van der Waals surface area contributed by atoms with Crippen LogP contribution in [-0.2, 0) is 5.88 Å². The minimum atomic E-state index is -0.279. The van der Waals surface area contributed by atoms with Crippen LogP contribution in [0.15, 0.2) is 79.1 Å². The molecule has 6 heteroatoms. The molecule has 0 aliphatic heterocycles. The molecule has 3 aromatic carbocycles. The van der Waals surface area contributed by atoms with Gasteiger partial charge < -0.3 is 0 Å². The monoisotopic (exact) mass is 423 g/mol. The molecule has 0 radical (unpaired) electrons. The molecule has 29 heavy (non-hydrogen) atoms. The molecule has 5 aromatic rings. The van der Waals surface area contributed by atoms with Gasteiger partial charge in [0.25, 0.3) is 0 Å². The first-order valence-corrected chi connectivity index (χ1v) is 9.45. The Bertz CT molecular complexity index is 1300. The van der Waals surface area contributed by atoms with E-state index in [-0.39, 0.29) is 24.1 Å². The van der Waals surface area contributed by atoms with Crippen molar-refractivity contribution in [3.63, 3.8) is 0 Å². The summed E-state index contributed by atoms with van der Waals surface area (Å²) in [6, 6.07) is 20.6. The van der Waals surface area contributed by atoms with Crippen LogP contribution in [0.2, 0.25) is 0 Å². The number of halogens is 3. The Labute approximate surface area is 178 Å². The number of aromatic nitrogens is 3. The average molecular weight is 424 g/mol. The lowest BCUT2D eigenvalue weighted by Crippen LogP contribution is -1.97. The number of nitrogens with zero attached hydrogens (tertiary/aromatic N) is 3. The largest absolute Gasteiger partial charge is 0.264 e. The quantitative estimate of drug-likeness (QED) is 0.308. The van der Waals surface area contributed by atoms with Crippen LogP contribution in [0.5, 0.6) is 0 Å². The van der Waals surface area contributed by atoms with Crippen LogP contribution < -0.4 is 0 Å². The molecule has 144 valence electrons. The Hall–Kier alpha value is -2.95. The third-order valence-electron chi connectivity index (χ3n) is 4.94. The molecular weight excluding hydrogens is 408 g/mol. The van der Waals surface area contributed by atoms with Gasteiger partial charge in [-0.15, -0.1) is 24.0 Å². The van der Waals surface area contributed by atoms with Gasteiger partial charge in [0, 0.05) is 28.6 Å². The molecule has 2 aromatic heterocycles. The number of pyridine rings is 1. The number of hydrogen-bond donors (Lipinski definition) is 0. The van der Waals surface area contributed by atoms with Crippen LogP contribution in [-0.4, -0.2) is 14.8 Å². The number of alkyl halides is 1. The van der Waals surface area contributed by atoms with Crippen LogP contribution >= 0.6 is 24.0 Å². The summed E-state index contributed by atoms with van der Waals surface area (Å²) < 4.78 is 15.3. The Balaban J connectivity index is 0.00000205. The summed E-state index contributed by atoms with van der Waals surface area (Å²) in [5.74, 6) is 0.00777. The van der Waals surface area contributed by atoms with Gasteiger partial charge in [0.05, 0.1) is 22.8 Å². The summed E-state index contributed by atoms with van der Waals surface area (Å²) in [5.41, 5.74) is 4.71. The van der Waals surface area contributed by atoms with E-state index in [0.717, 1.165) is 44.2 Å². The molecule has 0 aliphatic rings. The Morgan fingerprint density at radius 3 is 2.38 bits per heavy atom. The minimum Gasteiger partial charge on any atom is -0.264 e. The van der Waals surface area contributed by atoms with Crippen molar-refractivity contribution in [2.75, 3.05) is 0 Å². The number of hydrogen-bond acceptors (Lipinski definition) is 2. The standard InChI is InChI=1S/C23H15ClFN3.ClH/c24-13-22-20-12-19(15-4-2-1-3-5-15)21-14-26-11-10-18(21)23(20)28(27-22)17-8-6-16(25)7-9-17;/h1-12,14H,13H2;1H. The first-order chi connectivity index (χ1) is 13.8. The second kappa shape index (κ2) is 7.82. The molecule has 0 saturated carbocycles. The lowest BCUT2D eigenvalue weighted by molar-refractivity contribution is 0.627. The summed E-state index contributed by atoms with van der Waals surface area (Å²) in [5, 5.41) is 7.78. The highest BCUT2D eigenvalue weighted by Crippen LogP contribution is 2.37. The van der Waals surface area contributed by atoms with Crippen molar-refractivity contribution in [2.45, 2.75) is 5.88 Å². The van der Waals surface area contributed by atoms with E-state index >= 15 is 0 Å². The highest BCUT2D eigenvalue weighted by molar-refractivity contribution is 6.19. The maximum atomic E-state index is 13.4. The highest BCUT2D eigenvalue weighted by Gasteiger charge is 2.17. The number of rotatable bonds is 3. The summed E-state index contributed by atoms with van der Waals surface area (Å²) in [6.45, 7) is 0. The van der Waals surface area contributed by atoms with Gasteiger partial charge in [-0.05, 0) is 47.5 Å². The Kier molecular flexibility index (Phi) is 5.22. The molecule has 0 saturated heterocycles. The van der Waals surface area contributed by atoms with Gasteiger partial charge in [0.15, 0.2) is 0 Å². The van der Waals surface area contributed by atoms with E-state index in [0.29, 0.717) is 0 Å². The summed E-state index contributed by atoms with van der Waals surface area (Å²) >= 11 is 6.23. The predicted octanol–water partition coefficient (Wildman–Crippen LogP) is 6.54. The molecule has 5 rings (SSSR count). The fourth-order valence-corrected chi connectivity index (χ4v) is 3.85. The SMILES string of the molecule is Cl.Fc1ccc(-n2nc(CCl)c3cc(-c4ccccc4)c4cnccc4c32)cc1. The van der Waals surface area contributed by atoms with E-state index in [1.807, 2.05) is 35.1 Å². The fraction of sp³-hybridized carbons (Fsp3) is 0.0435. The van der Waals surface area contributed by atoms with Crippen LogP contribution in [0.4, 0.5) is 4.39 Å². The Morgan fingerprint density at radius 1 is 0.897 bits per heavy atom. The van der Waals surface area contributed by atoms with Crippen molar-refractivity contribution < 1.29 is 4.39 Å². The van der Waals surface area contributed by atoms with Crippen LogP contribution in [0.3, 0.4) is 0 Å². The van der Waals surface area contributed by atoms with Gasteiger partial charge in [-0.2, -0.15) is 5.10 Å². The number of benzene rings is 3. The summed E-state index contributed by atoms with van der Waals surface area (Å²) in [7, 11) is 0. The molecule has 0 spiro atoms. The maximum Gasteiger partial charge on any atom is 0.123 e. The molecule has 0 bridgehead atoms. The third kappa shape index (κ3) is 3.24. The summed E-state index contributed by atoms with van der Waals surface area (Å²) in [4.78, 5) is 4.34. The maximum absolute atomic E-state index is 13.4. The van der Waals surface area contributed by atoms with E-state index in [2.05, 4.69) is 23.2 Å². The highest BCUT2D eigenvalue weighted by atomic mass is 35.5. The third-order valence-corrected chi connectivity index (χ3v) is 5.19. The van der Waals surface area contributed by atoms with E-state index in [1.165, 1.54) is 12.1 Å². The molecule has 0 fully saturated rings. The van der Waals surface area contributed by atoms with Gasteiger partial charge in [-0.3, -0.25) is 4.98 Å². The second-order valence-corrected chi connectivity index (χ2v) is 6.84. The van der Waals surface area contributed by atoms with Gasteiger partial charge >= 0.3 is 0 Å². The van der Waals surface area contributed by atoms with Gasteiger partial charge in [-0.25, -0.2) is 9.07 Å². The number of fused-ring (bicyclic) bond motifs is 3. The van der Waals surface area contributed by atoms with Gasteiger partial charge in [0.2, 0.25) is 0 Å². The van der Waals surface area contributed by atoms with E-state index in [1.54, 1.807) is 18.3 Å². The van der Waals surface area contributed by atoms with Crippen molar-refractivity contribution in [2.24, 2.45) is 0 Å². The molecule has 3 nitrogen and oxygen atoms in total. The van der Waals surface area contributed by atoms with E-state index in [4.69, 9.17) is 16.7 Å². The molecular formula is C23H16Cl2FN3. The molecule has 0 N–H and O–H groups in total. The molecule has 0 aliphatic carbocycles. The first kappa shape index (κ1) is 19.4. The average Bonchev–Trinajstić information content (AvgIpc) is 3.13. The van der Waals surface area contributed by atoms with Crippen molar-refractivity contribution in [1.82, 2.24) is 14.8 Å². The van der Waals surface area contributed by atoms with Crippen molar-refractivity contribution in [1.29, 1.82) is 0 Å².